The highest BCUT2D eigenvalue weighted by Gasteiger charge is 2.37. The summed E-state index contributed by atoms with van der Waals surface area (Å²) in [5, 5.41) is 3.64. The molecule has 0 spiro atoms. The van der Waals surface area contributed by atoms with Crippen LogP contribution in [0.4, 0.5) is 0 Å². The monoisotopic (exact) mass is 289 g/mol. The van der Waals surface area contributed by atoms with Gasteiger partial charge in [-0.3, -0.25) is 0 Å². The first kappa shape index (κ1) is 14.9. The molecule has 116 valence electrons. The van der Waals surface area contributed by atoms with Crippen LogP contribution in [0.1, 0.15) is 38.7 Å². The van der Waals surface area contributed by atoms with Crippen LogP contribution in [0.5, 0.6) is 5.75 Å². The molecule has 1 unspecified atom stereocenters. The highest BCUT2D eigenvalue weighted by molar-refractivity contribution is 5.37. The Labute approximate surface area is 128 Å². The van der Waals surface area contributed by atoms with Crippen molar-refractivity contribution < 1.29 is 9.47 Å². The van der Waals surface area contributed by atoms with Crippen LogP contribution in [0.25, 0.3) is 0 Å². The van der Waals surface area contributed by atoms with Crippen LogP contribution in [0, 0.1) is 5.41 Å². The molecule has 1 N–H and O–H groups in total. The Morgan fingerprint density at radius 2 is 2.00 bits per heavy atom. The normalized spacial score (nSPS) is 23.9. The first-order chi connectivity index (χ1) is 10.2. The quantitative estimate of drug-likeness (QED) is 0.903. The van der Waals surface area contributed by atoms with Crippen LogP contribution in [0.2, 0.25) is 0 Å². The fraction of sp³-hybridized carbons (Fsp3) is 0.667. The molecule has 1 aromatic carbocycles. The van der Waals surface area contributed by atoms with Crippen molar-refractivity contribution >= 4 is 0 Å². The standard InChI is InChI=1S/C18H27NO2/c1-14(2)19-13-18(7-9-20-10-8-18)12-16-11-15-5-3-4-6-17(15)21-16/h3-6,14,16,19H,7-13H2,1-2H3. The van der Waals surface area contributed by atoms with Crippen molar-refractivity contribution in [3.8, 4) is 5.75 Å². The minimum absolute atomic E-state index is 0.328. The first-order valence-electron chi connectivity index (χ1n) is 8.23. The van der Waals surface area contributed by atoms with Gasteiger partial charge in [-0.05, 0) is 36.3 Å². The summed E-state index contributed by atoms with van der Waals surface area (Å²) in [5.74, 6) is 1.08. The van der Waals surface area contributed by atoms with Crippen molar-refractivity contribution in [3.05, 3.63) is 29.8 Å². The molecule has 3 nitrogen and oxygen atoms in total. The minimum atomic E-state index is 0.328. The minimum Gasteiger partial charge on any atom is -0.490 e. The van der Waals surface area contributed by atoms with E-state index in [4.69, 9.17) is 9.47 Å². The molecule has 0 saturated carbocycles. The summed E-state index contributed by atoms with van der Waals surface area (Å²) < 4.78 is 11.8. The number of ether oxygens (including phenoxy) is 2. The van der Waals surface area contributed by atoms with E-state index >= 15 is 0 Å². The Hall–Kier alpha value is -1.06. The molecule has 21 heavy (non-hydrogen) atoms. The van der Waals surface area contributed by atoms with E-state index in [1.807, 2.05) is 0 Å². The van der Waals surface area contributed by atoms with Gasteiger partial charge in [-0.2, -0.15) is 0 Å². The van der Waals surface area contributed by atoms with Crippen LogP contribution in [0.15, 0.2) is 24.3 Å². The third kappa shape index (κ3) is 3.58. The zero-order valence-corrected chi connectivity index (χ0v) is 13.2. The molecule has 2 aliphatic rings. The molecule has 0 aromatic heterocycles. The van der Waals surface area contributed by atoms with Gasteiger partial charge in [0.2, 0.25) is 0 Å². The van der Waals surface area contributed by atoms with Crippen LogP contribution < -0.4 is 10.1 Å². The van der Waals surface area contributed by atoms with Crippen molar-refractivity contribution in [2.45, 2.75) is 51.7 Å². The van der Waals surface area contributed by atoms with E-state index in [-0.39, 0.29) is 0 Å². The lowest BCUT2D eigenvalue weighted by atomic mass is 9.75. The molecule has 1 atom stereocenters. The molecule has 2 aliphatic heterocycles. The highest BCUT2D eigenvalue weighted by Crippen LogP contribution is 2.39. The van der Waals surface area contributed by atoms with Crippen molar-refractivity contribution in [1.29, 1.82) is 0 Å². The van der Waals surface area contributed by atoms with Gasteiger partial charge in [-0.1, -0.05) is 32.0 Å². The smallest absolute Gasteiger partial charge is 0.123 e. The molecule has 1 aromatic rings. The first-order valence-corrected chi connectivity index (χ1v) is 8.23. The second-order valence-corrected chi connectivity index (χ2v) is 6.90. The summed E-state index contributed by atoms with van der Waals surface area (Å²) in [7, 11) is 0. The van der Waals surface area contributed by atoms with Gasteiger partial charge in [0.25, 0.3) is 0 Å². The Bertz CT molecular complexity index is 441. The van der Waals surface area contributed by atoms with Crippen molar-refractivity contribution in [1.82, 2.24) is 5.32 Å². The SMILES string of the molecule is CC(C)NCC1(CC2Cc3ccccc3O2)CCOCC1. The van der Waals surface area contributed by atoms with Gasteiger partial charge < -0.3 is 14.8 Å². The van der Waals surface area contributed by atoms with E-state index < -0.39 is 0 Å². The fourth-order valence-electron chi connectivity index (χ4n) is 3.53. The van der Waals surface area contributed by atoms with Gasteiger partial charge in [0.05, 0.1) is 0 Å². The predicted molar refractivity (Wildman–Crippen MR) is 84.8 cm³/mol. The van der Waals surface area contributed by atoms with Gasteiger partial charge in [0.1, 0.15) is 11.9 Å². The molecule has 3 heteroatoms. The van der Waals surface area contributed by atoms with Crippen molar-refractivity contribution in [2.24, 2.45) is 5.41 Å². The lowest BCUT2D eigenvalue weighted by molar-refractivity contribution is -0.00681. The third-order valence-electron chi connectivity index (χ3n) is 4.81. The second-order valence-electron chi connectivity index (χ2n) is 6.90. The Kier molecular flexibility index (Phi) is 4.51. The maximum Gasteiger partial charge on any atom is 0.123 e. The largest absolute Gasteiger partial charge is 0.490 e. The average molecular weight is 289 g/mol. The summed E-state index contributed by atoms with van der Waals surface area (Å²) in [6.45, 7) is 7.28. The van der Waals surface area contributed by atoms with Crippen LogP contribution >= 0.6 is 0 Å². The lowest BCUT2D eigenvalue weighted by Gasteiger charge is -2.39. The lowest BCUT2D eigenvalue weighted by Crippen LogP contribution is -2.44. The number of benzene rings is 1. The second kappa shape index (κ2) is 6.37. The third-order valence-corrected chi connectivity index (χ3v) is 4.81. The van der Waals surface area contributed by atoms with Crippen LogP contribution in [-0.4, -0.2) is 31.9 Å². The summed E-state index contributed by atoms with van der Waals surface area (Å²) in [5.41, 5.74) is 1.69. The van der Waals surface area contributed by atoms with Crippen molar-refractivity contribution in [3.63, 3.8) is 0 Å². The molecular weight excluding hydrogens is 262 g/mol. The topological polar surface area (TPSA) is 30.5 Å². The molecule has 3 rings (SSSR count). The molecule has 1 saturated heterocycles. The summed E-state index contributed by atoms with van der Waals surface area (Å²) in [4.78, 5) is 0. The number of rotatable bonds is 5. The molecule has 0 bridgehead atoms. The Morgan fingerprint density at radius 1 is 1.24 bits per heavy atom. The molecule has 2 heterocycles. The number of fused-ring (bicyclic) bond motifs is 1. The van der Waals surface area contributed by atoms with E-state index in [0.29, 0.717) is 17.6 Å². The Balaban J connectivity index is 1.65. The number of hydrogen-bond acceptors (Lipinski definition) is 3. The number of hydrogen-bond donors (Lipinski definition) is 1. The Morgan fingerprint density at radius 3 is 2.71 bits per heavy atom. The molecule has 0 aliphatic carbocycles. The summed E-state index contributed by atoms with van der Waals surface area (Å²) in [6.07, 6.45) is 4.80. The van der Waals surface area contributed by atoms with Gasteiger partial charge >= 0.3 is 0 Å². The number of nitrogens with one attached hydrogen (secondary N) is 1. The van der Waals surface area contributed by atoms with Gasteiger partial charge in [-0.15, -0.1) is 0 Å². The zero-order chi connectivity index (χ0) is 14.7. The molecule has 0 radical (unpaired) electrons. The highest BCUT2D eigenvalue weighted by atomic mass is 16.5. The summed E-state index contributed by atoms with van der Waals surface area (Å²) in [6, 6.07) is 8.99. The number of para-hydroxylation sites is 1. The van der Waals surface area contributed by atoms with E-state index in [1.54, 1.807) is 0 Å². The van der Waals surface area contributed by atoms with Gasteiger partial charge in [0, 0.05) is 32.2 Å². The molecule has 0 amide bonds. The molecule has 1 fully saturated rings. The maximum absolute atomic E-state index is 6.17. The van der Waals surface area contributed by atoms with Gasteiger partial charge in [0.15, 0.2) is 0 Å². The van der Waals surface area contributed by atoms with Crippen molar-refractivity contribution in [2.75, 3.05) is 19.8 Å². The van der Waals surface area contributed by atoms with E-state index in [2.05, 4.69) is 43.4 Å². The zero-order valence-electron chi connectivity index (χ0n) is 13.2. The maximum atomic E-state index is 6.17. The molecular formula is C18H27NO2. The van der Waals surface area contributed by atoms with Crippen LogP contribution in [0.3, 0.4) is 0 Å². The van der Waals surface area contributed by atoms with E-state index in [0.717, 1.165) is 51.2 Å². The van der Waals surface area contributed by atoms with Crippen LogP contribution in [-0.2, 0) is 11.2 Å². The summed E-state index contributed by atoms with van der Waals surface area (Å²) >= 11 is 0. The average Bonchev–Trinajstić information content (AvgIpc) is 2.88. The fourth-order valence-corrected chi connectivity index (χ4v) is 3.53. The van der Waals surface area contributed by atoms with Gasteiger partial charge in [-0.25, -0.2) is 0 Å². The predicted octanol–water partition coefficient (Wildman–Crippen LogP) is 3.18. The van der Waals surface area contributed by atoms with E-state index in [1.165, 1.54) is 5.56 Å². The van der Waals surface area contributed by atoms with E-state index in [9.17, 15) is 0 Å².